The van der Waals surface area contributed by atoms with E-state index in [9.17, 15) is 4.79 Å². The molecule has 4 nitrogen and oxygen atoms in total. The summed E-state index contributed by atoms with van der Waals surface area (Å²) >= 11 is 0. The second-order valence-corrected chi connectivity index (χ2v) is 5.10. The Morgan fingerprint density at radius 1 is 1.47 bits per heavy atom. The molecule has 4 heteroatoms. The van der Waals surface area contributed by atoms with E-state index >= 15 is 0 Å². The molecule has 0 aromatic heterocycles. The lowest BCUT2D eigenvalue weighted by Gasteiger charge is -2.22. The van der Waals surface area contributed by atoms with E-state index in [1.165, 1.54) is 0 Å². The van der Waals surface area contributed by atoms with E-state index in [0.29, 0.717) is 13.0 Å². The number of ether oxygens (including phenoxy) is 1. The molecule has 1 amide bonds. The maximum Gasteiger partial charge on any atom is 0.222 e. The van der Waals surface area contributed by atoms with Crippen molar-refractivity contribution in [2.24, 2.45) is 0 Å². The Morgan fingerprint density at radius 2 is 2.32 bits per heavy atom. The van der Waals surface area contributed by atoms with E-state index in [0.717, 1.165) is 42.7 Å². The average Bonchev–Trinajstić information content (AvgIpc) is 2.42. The van der Waals surface area contributed by atoms with Crippen molar-refractivity contribution >= 4 is 11.6 Å². The van der Waals surface area contributed by atoms with Crippen molar-refractivity contribution in [3.63, 3.8) is 0 Å². The summed E-state index contributed by atoms with van der Waals surface area (Å²) in [6.07, 6.45) is 3.81. The molecule has 0 aliphatic carbocycles. The first-order chi connectivity index (χ1) is 9.16. The first-order valence-corrected chi connectivity index (χ1v) is 6.89. The van der Waals surface area contributed by atoms with E-state index in [1.807, 2.05) is 25.1 Å². The van der Waals surface area contributed by atoms with Crippen LogP contribution in [0.3, 0.4) is 0 Å². The Bertz CT molecular complexity index is 440. The zero-order chi connectivity index (χ0) is 13.7. The number of carbonyl (C=O) groups excluding carboxylic acids is 1. The second-order valence-electron chi connectivity index (χ2n) is 5.10. The van der Waals surface area contributed by atoms with Crippen LogP contribution in [-0.2, 0) is 16.1 Å². The molecule has 104 valence electrons. The summed E-state index contributed by atoms with van der Waals surface area (Å²) in [6, 6.07) is 5.77. The highest BCUT2D eigenvalue weighted by atomic mass is 16.5. The largest absolute Gasteiger partial charge is 0.399 e. The third-order valence-corrected chi connectivity index (χ3v) is 3.65. The Balaban J connectivity index is 1.81. The minimum Gasteiger partial charge on any atom is -0.399 e. The minimum atomic E-state index is 0.0497. The number of nitrogens with one attached hydrogen (secondary N) is 1. The van der Waals surface area contributed by atoms with Crippen LogP contribution < -0.4 is 11.1 Å². The lowest BCUT2D eigenvalue weighted by atomic mass is 10.1. The number of nitrogens with two attached hydrogens (primary N) is 1. The molecule has 0 saturated carbocycles. The van der Waals surface area contributed by atoms with Gasteiger partial charge < -0.3 is 15.8 Å². The number of amides is 1. The summed E-state index contributed by atoms with van der Waals surface area (Å²) in [5.41, 5.74) is 8.72. The number of rotatable bonds is 4. The monoisotopic (exact) mass is 262 g/mol. The topological polar surface area (TPSA) is 64.3 Å². The van der Waals surface area contributed by atoms with E-state index in [2.05, 4.69) is 5.32 Å². The van der Waals surface area contributed by atoms with Crippen molar-refractivity contribution in [2.75, 3.05) is 12.3 Å². The van der Waals surface area contributed by atoms with E-state index in [1.54, 1.807) is 0 Å². The van der Waals surface area contributed by atoms with E-state index < -0.39 is 0 Å². The second kappa shape index (κ2) is 6.57. The maximum atomic E-state index is 11.9. The highest BCUT2D eigenvalue weighted by molar-refractivity contribution is 5.76. The fraction of sp³-hybridized carbons (Fsp3) is 0.533. The molecule has 1 heterocycles. The molecule has 3 N–H and O–H groups in total. The van der Waals surface area contributed by atoms with Crippen molar-refractivity contribution in [3.8, 4) is 0 Å². The molecule has 1 unspecified atom stereocenters. The van der Waals surface area contributed by atoms with Gasteiger partial charge in [0.15, 0.2) is 0 Å². The van der Waals surface area contributed by atoms with Gasteiger partial charge in [0.1, 0.15) is 0 Å². The molecule has 1 aromatic carbocycles. The molecule has 1 fully saturated rings. The molecule has 1 aliphatic heterocycles. The lowest BCUT2D eigenvalue weighted by molar-refractivity contribution is -0.125. The highest BCUT2D eigenvalue weighted by Crippen LogP contribution is 2.17. The highest BCUT2D eigenvalue weighted by Gasteiger charge is 2.17. The molecule has 1 saturated heterocycles. The predicted molar refractivity (Wildman–Crippen MR) is 75.6 cm³/mol. The zero-order valence-corrected chi connectivity index (χ0v) is 11.4. The van der Waals surface area contributed by atoms with Crippen LogP contribution >= 0.6 is 0 Å². The molecule has 0 radical (unpaired) electrons. The zero-order valence-electron chi connectivity index (χ0n) is 11.4. The summed E-state index contributed by atoms with van der Waals surface area (Å²) in [5.74, 6) is 0.0497. The normalized spacial score (nSPS) is 19.1. The van der Waals surface area contributed by atoms with Crippen LogP contribution in [0.25, 0.3) is 0 Å². The molecule has 0 spiro atoms. The minimum absolute atomic E-state index is 0.0497. The Labute approximate surface area is 114 Å². The van der Waals surface area contributed by atoms with Gasteiger partial charge in [0.05, 0.1) is 12.5 Å². The Morgan fingerprint density at radius 3 is 3.05 bits per heavy atom. The predicted octanol–water partition coefficient (Wildman–Crippen LogP) is 2.15. The van der Waals surface area contributed by atoms with E-state index in [4.69, 9.17) is 10.5 Å². The van der Waals surface area contributed by atoms with Gasteiger partial charge in [0.25, 0.3) is 0 Å². The van der Waals surface area contributed by atoms with Crippen LogP contribution in [0.1, 0.15) is 36.8 Å². The van der Waals surface area contributed by atoms with Crippen LogP contribution in [-0.4, -0.2) is 18.6 Å². The third kappa shape index (κ3) is 3.96. The number of hydrogen-bond donors (Lipinski definition) is 2. The van der Waals surface area contributed by atoms with Crippen molar-refractivity contribution < 1.29 is 9.53 Å². The van der Waals surface area contributed by atoms with Gasteiger partial charge in [-0.25, -0.2) is 0 Å². The van der Waals surface area contributed by atoms with Crippen molar-refractivity contribution in [2.45, 2.75) is 45.3 Å². The van der Waals surface area contributed by atoms with Crippen LogP contribution in [0.15, 0.2) is 18.2 Å². The SMILES string of the molecule is Cc1c(N)cccc1CNC(=O)CC1CCCCO1. The standard InChI is InChI=1S/C15H22N2O2/c1-11-12(5-4-7-14(11)16)10-17-15(18)9-13-6-2-3-8-19-13/h4-5,7,13H,2-3,6,8-10,16H2,1H3,(H,17,18). The summed E-state index contributed by atoms with van der Waals surface area (Å²) in [7, 11) is 0. The quantitative estimate of drug-likeness (QED) is 0.817. The molecule has 1 atom stereocenters. The summed E-state index contributed by atoms with van der Waals surface area (Å²) < 4.78 is 5.56. The Kier molecular flexibility index (Phi) is 4.80. The van der Waals surface area contributed by atoms with Crippen LogP contribution in [0.4, 0.5) is 5.69 Å². The van der Waals surface area contributed by atoms with Gasteiger partial charge >= 0.3 is 0 Å². The lowest BCUT2D eigenvalue weighted by Crippen LogP contribution is -2.30. The van der Waals surface area contributed by atoms with Gasteiger partial charge in [-0.1, -0.05) is 12.1 Å². The summed E-state index contributed by atoms with van der Waals surface area (Å²) in [5, 5.41) is 2.94. The van der Waals surface area contributed by atoms with Gasteiger partial charge in [-0.3, -0.25) is 4.79 Å². The van der Waals surface area contributed by atoms with Gasteiger partial charge in [0, 0.05) is 18.8 Å². The number of anilines is 1. The fourth-order valence-electron chi connectivity index (χ4n) is 2.34. The molecule has 19 heavy (non-hydrogen) atoms. The van der Waals surface area contributed by atoms with Crippen LogP contribution in [0, 0.1) is 6.92 Å². The van der Waals surface area contributed by atoms with Crippen molar-refractivity contribution in [3.05, 3.63) is 29.3 Å². The third-order valence-electron chi connectivity index (χ3n) is 3.65. The molecule has 1 aliphatic rings. The van der Waals surface area contributed by atoms with Crippen molar-refractivity contribution in [1.82, 2.24) is 5.32 Å². The number of hydrogen-bond acceptors (Lipinski definition) is 3. The number of benzene rings is 1. The van der Waals surface area contributed by atoms with Gasteiger partial charge in [0.2, 0.25) is 5.91 Å². The smallest absolute Gasteiger partial charge is 0.222 e. The molecular weight excluding hydrogens is 240 g/mol. The van der Waals surface area contributed by atoms with Gasteiger partial charge in [-0.05, 0) is 43.4 Å². The first-order valence-electron chi connectivity index (χ1n) is 6.89. The summed E-state index contributed by atoms with van der Waals surface area (Å²) in [4.78, 5) is 11.9. The van der Waals surface area contributed by atoms with Crippen LogP contribution in [0.5, 0.6) is 0 Å². The van der Waals surface area contributed by atoms with Gasteiger partial charge in [-0.15, -0.1) is 0 Å². The van der Waals surface area contributed by atoms with Crippen LogP contribution in [0.2, 0.25) is 0 Å². The summed E-state index contributed by atoms with van der Waals surface area (Å²) in [6.45, 7) is 3.29. The fourth-order valence-corrected chi connectivity index (χ4v) is 2.34. The van der Waals surface area contributed by atoms with E-state index in [-0.39, 0.29) is 12.0 Å². The van der Waals surface area contributed by atoms with Crippen molar-refractivity contribution in [1.29, 1.82) is 0 Å². The number of nitrogen functional groups attached to an aromatic ring is 1. The maximum absolute atomic E-state index is 11.9. The molecular formula is C15H22N2O2. The Hall–Kier alpha value is -1.55. The molecule has 1 aromatic rings. The number of carbonyl (C=O) groups is 1. The molecule has 2 rings (SSSR count). The first kappa shape index (κ1) is 13.9. The van der Waals surface area contributed by atoms with Gasteiger partial charge in [-0.2, -0.15) is 0 Å². The average molecular weight is 262 g/mol. The molecule has 0 bridgehead atoms.